The molecule has 0 amide bonds. The molecule has 0 aliphatic rings. The van der Waals surface area contributed by atoms with Gasteiger partial charge in [-0.1, -0.05) is 109 Å². The van der Waals surface area contributed by atoms with Crippen LogP contribution in [0, 0.1) is 0 Å². The summed E-state index contributed by atoms with van der Waals surface area (Å²) >= 11 is 0. The molecule has 216 valence electrons. The van der Waals surface area contributed by atoms with E-state index >= 15 is 0 Å². The third-order valence-corrected chi connectivity index (χ3v) is 8.86. The molecule has 0 aliphatic carbocycles. The Labute approximate surface area is 266 Å². The van der Waals surface area contributed by atoms with Crippen LogP contribution in [-0.2, 0) is 0 Å². The van der Waals surface area contributed by atoms with E-state index in [1.54, 1.807) is 0 Å². The molecule has 0 saturated heterocycles. The summed E-state index contributed by atoms with van der Waals surface area (Å²) in [4.78, 5) is 4.68. The largest absolute Gasteiger partial charge is 0.436 e. The fourth-order valence-electron chi connectivity index (χ4n) is 6.63. The number of para-hydroxylation sites is 3. The van der Waals surface area contributed by atoms with E-state index in [0.29, 0.717) is 5.89 Å². The van der Waals surface area contributed by atoms with E-state index < -0.39 is 0 Å². The van der Waals surface area contributed by atoms with Gasteiger partial charge in [-0.05, 0) is 94.0 Å². The highest BCUT2D eigenvalue weighted by Crippen LogP contribution is 2.39. The summed E-state index contributed by atoms with van der Waals surface area (Å²) in [6.07, 6.45) is 0. The van der Waals surface area contributed by atoms with Gasteiger partial charge in [0.1, 0.15) is 5.52 Å². The van der Waals surface area contributed by atoms with Crippen molar-refractivity contribution in [3.05, 3.63) is 170 Å². The van der Waals surface area contributed by atoms with Gasteiger partial charge in [0.25, 0.3) is 0 Å². The number of fused-ring (bicyclic) bond motifs is 4. The Morgan fingerprint density at radius 1 is 0.413 bits per heavy atom. The normalized spacial score (nSPS) is 11.5. The second-order valence-corrected chi connectivity index (χ2v) is 11.6. The molecule has 9 aromatic rings. The van der Waals surface area contributed by atoms with Crippen LogP contribution >= 0.6 is 0 Å². The van der Waals surface area contributed by atoms with Crippen molar-refractivity contribution in [3.8, 4) is 50.5 Å². The molecule has 0 unspecified atom stereocenters. The molecule has 0 N–H and O–H groups in total. The van der Waals surface area contributed by atoms with Gasteiger partial charge in [0, 0.05) is 22.0 Å². The van der Waals surface area contributed by atoms with Gasteiger partial charge in [0.15, 0.2) is 5.58 Å². The Morgan fingerprint density at radius 3 is 1.67 bits per heavy atom. The number of benzene rings is 7. The van der Waals surface area contributed by atoms with Crippen LogP contribution in [0.5, 0.6) is 0 Å². The third-order valence-electron chi connectivity index (χ3n) is 8.86. The van der Waals surface area contributed by atoms with Crippen LogP contribution in [0.4, 0.5) is 0 Å². The zero-order valence-electron chi connectivity index (χ0n) is 25.0. The highest BCUT2D eigenvalue weighted by atomic mass is 16.3. The van der Waals surface area contributed by atoms with Crippen molar-refractivity contribution in [3.63, 3.8) is 0 Å². The Morgan fingerprint density at radius 2 is 0.957 bits per heavy atom. The van der Waals surface area contributed by atoms with Crippen molar-refractivity contribution in [1.29, 1.82) is 0 Å². The predicted octanol–water partition coefficient (Wildman–Crippen LogP) is 11.6. The standard InChI is InChI=1S/C43H28N2O/c1-3-11-30(12-4-1)35-15-7-8-16-36(35)33-24-26-41-38(28-33)37-27-32(23-25-40(37)45(41)34-13-5-2-6-14-34)29-19-21-31(22-20-29)43-44-39-17-9-10-18-42(39)46-43/h1-28H. The molecule has 0 atom stereocenters. The minimum absolute atomic E-state index is 0.637. The molecule has 0 fully saturated rings. The number of hydrogen-bond donors (Lipinski definition) is 0. The Hall–Kier alpha value is -6.19. The van der Waals surface area contributed by atoms with Gasteiger partial charge in [-0.25, -0.2) is 4.98 Å². The van der Waals surface area contributed by atoms with E-state index in [-0.39, 0.29) is 0 Å². The minimum atomic E-state index is 0.637. The molecule has 0 aliphatic heterocycles. The summed E-state index contributed by atoms with van der Waals surface area (Å²) in [5.74, 6) is 0.637. The maximum absolute atomic E-state index is 6.02. The first-order valence-electron chi connectivity index (χ1n) is 15.5. The topological polar surface area (TPSA) is 31.0 Å². The maximum Gasteiger partial charge on any atom is 0.227 e. The van der Waals surface area contributed by atoms with Crippen LogP contribution in [0.2, 0.25) is 0 Å². The lowest BCUT2D eigenvalue weighted by atomic mass is 9.93. The van der Waals surface area contributed by atoms with Crippen LogP contribution in [0.1, 0.15) is 0 Å². The van der Waals surface area contributed by atoms with Crippen molar-refractivity contribution >= 4 is 32.9 Å². The van der Waals surface area contributed by atoms with Crippen LogP contribution in [0.3, 0.4) is 0 Å². The second-order valence-electron chi connectivity index (χ2n) is 11.6. The Balaban J connectivity index is 1.20. The van der Waals surface area contributed by atoms with Crippen molar-refractivity contribution in [2.45, 2.75) is 0 Å². The summed E-state index contributed by atoms with van der Waals surface area (Å²) in [6, 6.07) is 60.0. The molecule has 3 heteroatoms. The molecule has 2 heterocycles. The van der Waals surface area contributed by atoms with E-state index in [0.717, 1.165) is 27.9 Å². The Kier molecular flexibility index (Phi) is 6.14. The number of oxazole rings is 1. The first-order valence-corrected chi connectivity index (χ1v) is 15.5. The van der Waals surface area contributed by atoms with Gasteiger partial charge in [0.2, 0.25) is 5.89 Å². The van der Waals surface area contributed by atoms with Crippen LogP contribution in [0.15, 0.2) is 174 Å². The average Bonchev–Trinajstić information content (AvgIpc) is 3.71. The molecule has 2 aromatic heterocycles. The maximum atomic E-state index is 6.02. The van der Waals surface area contributed by atoms with Gasteiger partial charge in [-0.3, -0.25) is 0 Å². The first kappa shape index (κ1) is 26.2. The molecular weight excluding hydrogens is 560 g/mol. The lowest BCUT2D eigenvalue weighted by Crippen LogP contribution is -1.93. The lowest BCUT2D eigenvalue weighted by molar-refractivity contribution is 0.620. The lowest BCUT2D eigenvalue weighted by Gasteiger charge is -2.11. The van der Waals surface area contributed by atoms with Gasteiger partial charge < -0.3 is 8.98 Å². The smallest absolute Gasteiger partial charge is 0.227 e. The highest BCUT2D eigenvalue weighted by Gasteiger charge is 2.16. The molecule has 3 nitrogen and oxygen atoms in total. The van der Waals surface area contributed by atoms with Crippen LogP contribution in [0.25, 0.3) is 83.4 Å². The highest BCUT2D eigenvalue weighted by molar-refractivity contribution is 6.12. The molecule has 0 bridgehead atoms. The quantitative estimate of drug-likeness (QED) is 0.200. The SMILES string of the molecule is c1ccc(-c2ccccc2-c2ccc3c(c2)c2cc(-c4ccc(-c5nc6ccccc6o5)cc4)ccc2n3-c2ccccc2)cc1. The summed E-state index contributed by atoms with van der Waals surface area (Å²) < 4.78 is 8.39. The molecular formula is C43H28N2O. The van der Waals surface area contributed by atoms with Crippen molar-refractivity contribution in [1.82, 2.24) is 9.55 Å². The van der Waals surface area contributed by atoms with E-state index in [1.165, 1.54) is 49.6 Å². The predicted molar refractivity (Wildman–Crippen MR) is 190 cm³/mol. The number of rotatable bonds is 5. The molecule has 0 spiro atoms. The summed E-state index contributed by atoms with van der Waals surface area (Å²) in [7, 11) is 0. The summed E-state index contributed by atoms with van der Waals surface area (Å²) in [5.41, 5.74) is 13.3. The minimum Gasteiger partial charge on any atom is -0.436 e. The van der Waals surface area contributed by atoms with E-state index in [9.17, 15) is 0 Å². The Bertz CT molecular complexity index is 2470. The van der Waals surface area contributed by atoms with Crippen molar-refractivity contribution in [2.75, 3.05) is 0 Å². The molecule has 7 aromatic carbocycles. The molecule has 0 saturated carbocycles. The van der Waals surface area contributed by atoms with Gasteiger partial charge in [-0.2, -0.15) is 0 Å². The van der Waals surface area contributed by atoms with E-state index in [2.05, 4.69) is 155 Å². The summed E-state index contributed by atoms with van der Waals surface area (Å²) in [5, 5.41) is 2.45. The summed E-state index contributed by atoms with van der Waals surface area (Å²) in [6.45, 7) is 0. The van der Waals surface area contributed by atoms with Gasteiger partial charge in [-0.15, -0.1) is 0 Å². The van der Waals surface area contributed by atoms with Crippen LogP contribution < -0.4 is 0 Å². The molecule has 9 rings (SSSR count). The van der Waals surface area contributed by atoms with Gasteiger partial charge >= 0.3 is 0 Å². The third kappa shape index (κ3) is 4.41. The van der Waals surface area contributed by atoms with Crippen molar-refractivity contribution < 1.29 is 4.42 Å². The molecule has 46 heavy (non-hydrogen) atoms. The average molecular weight is 589 g/mol. The van der Waals surface area contributed by atoms with Gasteiger partial charge in [0.05, 0.1) is 11.0 Å². The number of hydrogen-bond acceptors (Lipinski definition) is 2. The molecule has 0 radical (unpaired) electrons. The number of nitrogens with zero attached hydrogens (tertiary/aromatic N) is 2. The van der Waals surface area contributed by atoms with E-state index in [4.69, 9.17) is 4.42 Å². The monoisotopic (exact) mass is 588 g/mol. The zero-order chi connectivity index (χ0) is 30.5. The second kappa shape index (κ2) is 10.8. The van der Waals surface area contributed by atoms with E-state index in [1.807, 2.05) is 24.3 Å². The fraction of sp³-hybridized carbons (Fsp3) is 0. The number of aromatic nitrogens is 2. The first-order chi connectivity index (χ1) is 22.8. The zero-order valence-corrected chi connectivity index (χ0v) is 25.0. The van der Waals surface area contributed by atoms with Crippen molar-refractivity contribution in [2.24, 2.45) is 0 Å². The fourth-order valence-corrected chi connectivity index (χ4v) is 6.63. The van der Waals surface area contributed by atoms with Crippen LogP contribution in [-0.4, -0.2) is 9.55 Å².